The molecule has 0 aromatic heterocycles. The number of primary amides is 1. The van der Waals surface area contributed by atoms with Gasteiger partial charge in [0.15, 0.2) is 0 Å². The molecular formula is C18H21NO2. The number of carbonyl (C=O) groups is 1. The lowest BCUT2D eigenvalue weighted by atomic mass is 10.0. The van der Waals surface area contributed by atoms with Gasteiger partial charge in [0.1, 0.15) is 12.4 Å². The molecule has 2 N–H and O–H groups in total. The highest BCUT2D eigenvalue weighted by Crippen LogP contribution is 2.20. The van der Waals surface area contributed by atoms with Crippen LogP contribution in [0, 0.1) is 6.92 Å². The van der Waals surface area contributed by atoms with Crippen LogP contribution in [-0.2, 0) is 6.61 Å². The summed E-state index contributed by atoms with van der Waals surface area (Å²) in [5.74, 6) is 0.954. The second-order valence-corrected chi connectivity index (χ2v) is 5.52. The fraction of sp³-hybridized carbons (Fsp3) is 0.278. The number of benzene rings is 2. The van der Waals surface area contributed by atoms with E-state index in [9.17, 15) is 4.79 Å². The zero-order valence-corrected chi connectivity index (χ0v) is 12.7. The summed E-state index contributed by atoms with van der Waals surface area (Å²) in [7, 11) is 0. The number of aryl methyl sites for hydroxylation is 1. The van der Waals surface area contributed by atoms with E-state index in [1.54, 1.807) is 12.1 Å². The van der Waals surface area contributed by atoms with Gasteiger partial charge in [-0.2, -0.15) is 0 Å². The SMILES string of the molecule is Cc1cc(C(N)=O)ccc1COc1ccc(C(C)C)cc1. The minimum Gasteiger partial charge on any atom is -0.489 e. The Morgan fingerprint density at radius 2 is 1.81 bits per heavy atom. The Labute approximate surface area is 125 Å². The molecule has 0 spiro atoms. The molecule has 0 atom stereocenters. The maximum atomic E-state index is 11.1. The van der Waals surface area contributed by atoms with Gasteiger partial charge in [-0.25, -0.2) is 0 Å². The number of carbonyl (C=O) groups excluding carboxylic acids is 1. The van der Waals surface area contributed by atoms with Crippen molar-refractivity contribution in [3.63, 3.8) is 0 Å². The van der Waals surface area contributed by atoms with Crippen LogP contribution >= 0.6 is 0 Å². The molecule has 0 aliphatic rings. The first-order valence-electron chi connectivity index (χ1n) is 7.09. The fourth-order valence-corrected chi connectivity index (χ4v) is 2.12. The van der Waals surface area contributed by atoms with Crippen molar-refractivity contribution in [2.75, 3.05) is 0 Å². The van der Waals surface area contributed by atoms with Crippen LogP contribution in [0.2, 0.25) is 0 Å². The Morgan fingerprint density at radius 3 is 2.33 bits per heavy atom. The second kappa shape index (κ2) is 6.44. The van der Waals surface area contributed by atoms with E-state index in [4.69, 9.17) is 10.5 Å². The molecule has 0 heterocycles. The molecule has 0 aliphatic heterocycles. The summed E-state index contributed by atoms with van der Waals surface area (Å²) in [5.41, 5.74) is 9.14. The molecule has 0 aliphatic carbocycles. The van der Waals surface area contributed by atoms with Crippen LogP contribution < -0.4 is 10.5 Å². The van der Waals surface area contributed by atoms with Crippen LogP contribution in [0.5, 0.6) is 5.75 Å². The summed E-state index contributed by atoms with van der Waals surface area (Å²) in [5, 5.41) is 0. The number of amides is 1. The smallest absolute Gasteiger partial charge is 0.248 e. The normalized spacial score (nSPS) is 10.7. The fourth-order valence-electron chi connectivity index (χ4n) is 2.12. The largest absolute Gasteiger partial charge is 0.489 e. The van der Waals surface area contributed by atoms with E-state index in [0.29, 0.717) is 18.1 Å². The summed E-state index contributed by atoms with van der Waals surface area (Å²) in [6.07, 6.45) is 0. The lowest BCUT2D eigenvalue weighted by molar-refractivity contribution is 0.1000. The Balaban J connectivity index is 2.04. The lowest BCUT2D eigenvalue weighted by Crippen LogP contribution is -2.11. The van der Waals surface area contributed by atoms with Crippen LogP contribution in [0.15, 0.2) is 42.5 Å². The average Bonchev–Trinajstić information content (AvgIpc) is 2.46. The highest BCUT2D eigenvalue weighted by atomic mass is 16.5. The van der Waals surface area contributed by atoms with Gasteiger partial charge in [0.2, 0.25) is 5.91 Å². The second-order valence-electron chi connectivity index (χ2n) is 5.52. The van der Waals surface area contributed by atoms with E-state index in [-0.39, 0.29) is 0 Å². The van der Waals surface area contributed by atoms with Crippen LogP contribution in [0.25, 0.3) is 0 Å². The molecule has 1 amide bonds. The molecular weight excluding hydrogens is 262 g/mol. The maximum absolute atomic E-state index is 11.1. The summed E-state index contributed by atoms with van der Waals surface area (Å²) in [6, 6.07) is 13.6. The van der Waals surface area contributed by atoms with Crippen LogP contribution in [-0.4, -0.2) is 5.91 Å². The van der Waals surface area contributed by atoms with E-state index in [1.165, 1.54) is 5.56 Å². The zero-order valence-electron chi connectivity index (χ0n) is 12.7. The van der Waals surface area contributed by atoms with Gasteiger partial charge in [-0.3, -0.25) is 4.79 Å². The average molecular weight is 283 g/mol. The first-order chi connectivity index (χ1) is 9.97. The highest BCUT2D eigenvalue weighted by Gasteiger charge is 2.05. The highest BCUT2D eigenvalue weighted by molar-refractivity contribution is 5.93. The van der Waals surface area contributed by atoms with E-state index < -0.39 is 5.91 Å². The molecule has 0 fully saturated rings. The third-order valence-corrected chi connectivity index (χ3v) is 3.57. The van der Waals surface area contributed by atoms with E-state index in [2.05, 4.69) is 26.0 Å². The van der Waals surface area contributed by atoms with Crippen molar-refractivity contribution in [2.45, 2.75) is 33.3 Å². The predicted octanol–water partition coefficient (Wildman–Crippen LogP) is 3.80. The first kappa shape index (κ1) is 15.1. The van der Waals surface area contributed by atoms with E-state index in [1.807, 2.05) is 25.1 Å². The van der Waals surface area contributed by atoms with Gasteiger partial charge in [0, 0.05) is 5.56 Å². The van der Waals surface area contributed by atoms with Gasteiger partial charge < -0.3 is 10.5 Å². The Kier molecular flexibility index (Phi) is 4.63. The number of hydrogen-bond donors (Lipinski definition) is 1. The minimum atomic E-state index is -0.408. The molecule has 21 heavy (non-hydrogen) atoms. The summed E-state index contributed by atoms with van der Waals surface area (Å²) in [6.45, 7) is 6.76. The summed E-state index contributed by atoms with van der Waals surface area (Å²) in [4.78, 5) is 11.1. The van der Waals surface area contributed by atoms with Crippen molar-refractivity contribution in [3.8, 4) is 5.75 Å². The Morgan fingerprint density at radius 1 is 1.14 bits per heavy atom. The summed E-state index contributed by atoms with van der Waals surface area (Å²) < 4.78 is 5.79. The van der Waals surface area contributed by atoms with Crippen molar-refractivity contribution in [3.05, 3.63) is 64.7 Å². The van der Waals surface area contributed by atoms with Crippen LogP contribution in [0.1, 0.15) is 46.8 Å². The molecule has 0 saturated carbocycles. The van der Waals surface area contributed by atoms with Crippen molar-refractivity contribution in [1.82, 2.24) is 0 Å². The lowest BCUT2D eigenvalue weighted by Gasteiger charge is -2.11. The van der Waals surface area contributed by atoms with Gasteiger partial charge in [0.05, 0.1) is 0 Å². The molecule has 110 valence electrons. The van der Waals surface area contributed by atoms with Crippen molar-refractivity contribution in [1.29, 1.82) is 0 Å². The topological polar surface area (TPSA) is 52.3 Å². The molecule has 0 radical (unpaired) electrons. The van der Waals surface area contributed by atoms with E-state index in [0.717, 1.165) is 16.9 Å². The predicted molar refractivity (Wildman–Crippen MR) is 84.6 cm³/mol. The monoisotopic (exact) mass is 283 g/mol. The quantitative estimate of drug-likeness (QED) is 0.907. The molecule has 3 nitrogen and oxygen atoms in total. The summed E-state index contributed by atoms with van der Waals surface area (Å²) >= 11 is 0. The third kappa shape index (κ3) is 3.85. The molecule has 2 rings (SSSR count). The van der Waals surface area contributed by atoms with Gasteiger partial charge in [-0.15, -0.1) is 0 Å². The first-order valence-corrected chi connectivity index (χ1v) is 7.09. The molecule has 0 bridgehead atoms. The number of hydrogen-bond acceptors (Lipinski definition) is 2. The molecule has 3 heteroatoms. The maximum Gasteiger partial charge on any atom is 0.248 e. The van der Waals surface area contributed by atoms with Gasteiger partial charge in [-0.05, 0) is 53.8 Å². The molecule has 2 aromatic carbocycles. The van der Waals surface area contributed by atoms with Crippen molar-refractivity contribution < 1.29 is 9.53 Å². The number of ether oxygens (including phenoxy) is 1. The van der Waals surface area contributed by atoms with Crippen molar-refractivity contribution in [2.24, 2.45) is 5.73 Å². The Bertz CT molecular complexity index is 630. The Hall–Kier alpha value is -2.29. The molecule has 0 unspecified atom stereocenters. The van der Waals surface area contributed by atoms with Crippen molar-refractivity contribution >= 4 is 5.91 Å². The molecule has 2 aromatic rings. The van der Waals surface area contributed by atoms with Crippen LogP contribution in [0.3, 0.4) is 0 Å². The third-order valence-electron chi connectivity index (χ3n) is 3.57. The zero-order chi connectivity index (χ0) is 15.4. The number of nitrogens with two attached hydrogens (primary N) is 1. The standard InChI is InChI=1S/C18H21NO2/c1-12(2)14-6-8-17(9-7-14)21-11-16-5-4-15(18(19)20)10-13(16)3/h4-10,12H,11H2,1-3H3,(H2,19,20). The van der Waals surface area contributed by atoms with Gasteiger partial charge in [-0.1, -0.05) is 32.0 Å². The van der Waals surface area contributed by atoms with Gasteiger partial charge in [0.25, 0.3) is 0 Å². The molecule has 0 saturated heterocycles. The minimum absolute atomic E-state index is 0.408. The number of rotatable bonds is 5. The van der Waals surface area contributed by atoms with Gasteiger partial charge >= 0.3 is 0 Å². The van der Waals surface area contributed by atoms with Crippen LogP contribution in [0.4, 0.5) is 0 Å². The van der Waals surface area contributed by atoms with E-state index >= 15 is 0 Å².